The van der Waals surface area contributed by atoms with Crippen LogP contribution in [0.1, 0.15) is 28.7 Å². The molecule has 3 nitrogen and oxygen atoms in total. The number of aryl methyl sites for hydroxylation is 1. The van der Waals surface area contributed by atoms with Crippen LogP contribution in [-0.2, 0) is 12.8 Å². The van der Waals surface area contributed by atoms with Crippen molar-refractivity contribution in [1.29, 1.82) is 5.26 Å². The average Bonchev–Trinajstić information content (AvgIpc) is 2.94. The minimum atomic E-state index is 0.175. The molecule has 1 aromatic heterocycles. The van der Waals surface area contributed by atoms with E-state index in [0.29, 0.717) is 22.0 Å². The van der Waals surface area contributed by atoms with Gasteiger partial charge in [0.05, 0.1) is 10.6 Å². The van der Waals surface area contributed by atoms with E-state index < -0.39 is 0 Å². The van der Waals surface area contributed by atoms with Gasteiger partial charge in [-0.2, -0.15) is 5.26 Å². The van der Waals surface area contributed by atoms with E-state index in [1.54, 1.807) is 6.92 Å². The second-order valence-corrected chi connectivity index (χ2v) is 5.83. The quantitative estimate of drug-likeness (QED) is 0.809. The third-order valence-electron chi connectivity index (χ3n) is 3.84. The summed E-state index contributed by atoms with van der Waals surface area (Å²) in [5.41, 5.74) is 4.67. The van der Waals surface area contributed by atoms with E-state index in [4.69, 9.17) is 28.5 Å². The summed E-state index contributed by atoms with van der Waals surface area (Å²) in [6.45, 7) is 1.77. The number of pyridine rings is 1. The fraction of sp³-hybridized carbons (Fsp3) is 0.250. The summed E-state index contributed by atoms with van der Waals surface area (Å²) >= 11 is 12.4. The molecule has 0 amide bonds. The molecule has 0 spiro atoms. The van der Waals surface area contributed by atoms with Crippen molar-refractivity contribution in [3.63, 3.8) is 0 Å². The number of benzene rings is 1. The van der Waals surface area contributed by atoms with Crippen LogP contribution in [0.2, 0.25) is 10.2 Å². The highest BCUT2D eigenvalue weighted by molar-refractivity contribution is 6.35. The van der Waals surface area contributed by atoms with Crippen LogP contribution < -0.4 is 5.32 Å². The molecular formula is C16H13Cl2N3. The molecule has 106 valence electrons. The van der Waals surface area contributed by atoms with Gasteiger partial charge in [0.15, 0.2) is 5.82 Å². The molecule has 21 heavy (non-hydrogen) atoms. The number of nitrogens with zero attached hydrogens (tertiary/aromatic N) is 2. The maximum Gasteiger partial charge on any atom is 0.151 e. The molecule has 0 bridgehead atoms. The first-order chi connectivity index (χ1) is 10.1. The van der Waals surface area contributed by atoms with Gasteiger partial charge in [-0.3, -0.25) is 0 Å². The first-order valence-electron chi connectivity index (χ1n) is 6.75. The Kier molecular flexibility index (Phi) is 3.75. The number of anilines is 2. The van der Waals surface area contributed by atoms with Crippen molar-refractivity contribution in [2.75, 3.05) is 5.32 Å². The summed E-state index contributed by atoms with van der Waals surface area (Å²) in [5, 5.41) is 13.0. The Balaban J connectivity index is 2.04. The fourth-order valence-corrected chi connectivity index (χ4v) is 3.17. The van der Waals surface area contributed by atoms with Crippen LogP contribution in [0.5, 0.6) is 0 Å². The molecule has 0 atom stereocenters. The summed E-state index contributed by atoms with van der Waals surface area (Å²) in [6, 6.07) is 8.23. The molecule has 1 aliphatic carbocycles. The van der Waals surface area contributed by atoms with Crippen LogP contribution in [0.15, 0.2) is 18.2 Å². The number of nitriles is 1. The summed E-state index contributed by atoms with van der Waals surface area (Å²) < 4.78 is 0. The normalized spacial score (nSPS) is 12.9. The molecule has 0 unspecified atom stereocenters. The highest BCUT2D eigenvalue weighted by atomic mass is 35.5. The van der Waals surface area contributed by atoms with E-state index in [1.807, 2.05) is 18.2 Å². The predicted molar refractivity (Wildman–Crippen MR) is 85.5 cm³/mol. The number of rotatable bonds is 2. The van der Waals surface area contributed by atoms with Crippen LogP contribution in [0.4, 0.5) is 11.5 Å². The molecule has 2 aromatic rings. The van der Waals surface area contributed by atoms with E-state index >= 15 is 0 Å². The lowest BCUT2D eigenvalue weighted by Gasteiger charge is -2.14. The Bertz CT molecular complexity index is 763. The topological polar surface area (TPSA) is 48.7 Å². The minimum absolute atomic E-state index is 0.175. The monoisotopic (exact) mass is 317 g/mol. The van der Waals surface area contributed by atoms with Crippen LogP contribution in [0.3, 0.4) is 0 Å². The highest BCUT2D eigenvalue weighted by Gasteiger charge is 2.18. The van der Waals surface area contributed by atoms with E-state index in [1.165, 1.54) is 17.5 Å². The van der Waals surface area contributed by atoms with Gasteiger partial charge in [-0.25, -0.2) is 4.98 Å². The Labute approximate surface area is 133 Å². The molecule has 0 fully saturated rings. The molecule has 5 heteroatoms. The van der Waals surface area contributed by atoms with E-state index in [-0.39, 0.29) is 5.15 Å². The molecule has 1 aromatic carbocycles. The van der Waals surface area contributed by atoms with Crippen molar-refractivity contribution in [1.82, 2.24) is 4.98 Å². The Morgan fingerprint density at radius 3 is 2.86 bits per heavy atom. The van der Waals surface area contributed by atoms with E-state index in [2.05, 4.69) is 16.4 Å². The summed E-state index contributed by atoms with van der Waals surface area (Å²) in [5.74, 6) is 0.499. The number of aromatic nitrogens is 1. The van der Waals surface area contributed by atoms with Crippen LogP contribution in [0, 0.1) is 18.3 Å². The molecule has 0 saturated heterocycles. The number of nitrogens with one attached hydrogen (secondary N) is 1. The highest BCUT2D eigenvalue weighted by Crippen LogP contribution is 2.35. The van der Waals surface area contributed by atoms with E-state index in [0.717, 1.165) is 18.5 Å². The van der Waals surface area contributed by atoms with Crippen LogP contribution in [0.25, 0.3) is 0 Å². The van der Waals surface area contributed by atoms with Crippen molar-refractivity contribution in [2.24, 2.45) is 0 Å². The molecule has 0 aliphatic heterocycles. The van der Waals surface area contributed by atoms with E-state index in [9.17, 15) is 0 Å². The zero-order valence-electron chi connectivity index (χ0n) is 11.5. The number of fused-ring (bicyclic) bond motifs is 1. The molecule has 1 heterocycles. The van der Waals surface area contributed by atoms with Gasteiger partial charge in [0.2, 0.25) is 0 Å². The van der Waals surface area contributed by atoms with Gasteiger partial charge in [0.1, 0.15) is 11.2 Å². The standard InChI is InChI=1S/C16H13Cl2N3/c1-9-12(8-19)15(18)21-16(14(9)17)20-13-7-3-5-10-4-2-6-11(10)13/h3,5,7H,2,4,6H2,1H3,(H,20,21). The predicted octanol–water partition coefficient (Wildman–Crippen LogP) is 4.80. The lowest BCUT2D eigenvalue weighted by molar-refractivity contribution is 0.912. The zero-order valence-corrected chi connectivity index (χ0v) is 13.0. The van der Waals surface area contributed by atoms with Crippen molar-refractivity contribution in [2.45, 2.75) is 26.2 Å². The van der Waals surface area contributed by atoms with Crippen molar-refractivity contribution < 1.29 is 0 Å². The smallest absolute Gasteiger partial charge is 0.151 e. The first-order valence-corrected chi connectivity index (χ1v) is 7.51. The molecular weight excluding hydrogens is 305 g/mol. The lowest BCUT2D eigenvalue weighted by Crippen LogP contribution is -2.01. The van der Waals surface area contributed by atoms with Crippen molar-refractivity contribution >= 4 is 34.7 Å². The average molecular weight is 318 g/mol. The van der Waals surface area contributed by atoms with Gasteiger partial charge < -0.3 is 5.32 Å². The maximum atomic E-state index is 9.08. The second kappa shape index (κ2) is 5.55. The van der Waals surface area contributed by atoms with Gasteiger partial charge >= 0.3 is 0 Å². The molecule has 3 rings (SSSR count). The molecule has 1 aliphatic rings. The van der Waals surface area contributed by atoms with Crippen LogP contribution in [-0.4, -0.2) is 4.98 Å². The SMILES string of the molecule is Cc1c(Cl)c(Nc2cccc3c2CCC3)nc(Cl)c1C#N. The zero-order chi connectivity index (χ0) is 15.0. The van der Waals surface area contributed by atoms with Gasteiger partial charge in [-0.1, -0.05) is 35.3 Å². The molecule has 1 N–H and O–H groups in total. The van der Waals surface area contributed by atoms with Gasteiger partial charge in [0.25, 0.3) is 0 Å². The lowest BCUT2D eigenvalue weighted by atomic mass is 10.1. The van der Waals surface area contributed by atoms with Gasteiger partial charge in [-0.15, -0.1) is 0 Å². The van der Waals surface area contributed by atoms with Gasteiger partial charge in [0, 0.05) is 5.69 Å². The number of halogens is 2. The van der Waals surface area contributed by atoms with Gasteiger partial charge in [-0.05, 0) is 48.9 Å². The minimum Gasteiger partial charge on any atom is -0.339 e. The van der Waals surface area contributed by atoms with Crippen molar-refractivity contribution in [3.05, 3.63) is 50.6 Å². The summed E-state index contributed by atoms with van der Waals surface area (Å²) in [6.07, 6.45) is 3.33. The number of hydrogen-bond acceptors (Lipinski definition) is 3. The maximum absolute atomic E-state index is 9.08. The fourth-order valence-electron chi connectivity index (χ4n) is 2.72. The largest absolute Gasteiger partial charge is 0.339 e. The third kappa shape index (κ3) is 2.46. The Hall–Kier alpha value is -1.76. The summed E-state index contributed by atoms with van der Waals surface area (Å²) in [7, 11) is 0. The molecule has 0 saturated carbocycles. The third-order valence-corrected chi connectivity index (χ3v) is 4.58. The van der Waals surface area contributed by atoms with Crippen molar-refractivity contribution in [3.8, 4) is 6.07 Å². The van der Waals surface area contributed by atoms with Crippen LogP contribution >= 0.6 is 23.2 Å². The second-order valence-electron chi connectivity index (χ2n) is 5.10. The number of hydrogen-bond donors (Lipinski definition) is 1. The Morgan fingerprint density at radius 2 is 2.10 bits per heavy atom. The first kappa shape index (κ1) is 14.2. The summed E-state index contributed by atoms with van der Waals surface area (Å²) in [4.78, 5) is 4.22. The molecule has 0 radical (unpaired) electrons. The Morgan fingerprint density at radius 1 is 1.29 bits per heavy atom.